The lowest BCUT2D eigenvalue weighted by molar-refractivity contribution is -0.131. The van der Waals surface area contributed by atoms with E-state index < -0.39 is 0 Å². The van der Waals surface area contributed by atoms with Crippen molar-refractivity contribution >= 4 is 16.9 Å². The molecular weight excluding hydrogens is 302 g/mol. The van der Waals surface area contributed by atoms with Gasteiger partial charge in [-0.25, -0.2) is 0 Å². The van der Waals surface area contributed by atoms with Gasteiger partial charge in [-0.3, -0.25) is 4.79 Å². The summed E-state index contributed by atoms with van der Waals surface area (Å²) >= 11 is 0. The molecule has 4 heteroatoms. The number of hydrogen-bond acceptors (Lipinski definition) is 3. The maximum atomic E-state index is 12.6. The van der Waals surface area contributed by atoms with E-state index in [9.17, 15) is 4.79 Å². The van der Waals surface area contributed by atoms with Crippen LogP contribution in [0, 0.1) is 0 Å². The molecular formula is C20H21NO3. The Morgan fingerprint density at radius 1 is 1.17 bits per heavy atom. The highest BCUT2D eigenvalue weighted by atomic mass is 16.5. The monoisotopic (exact) mass is 323 g/mol. The number of ether oxygens (including phenoxy) is 1. The zero-order valence-electron chi connectivity index (χ0n) is 14.2. The molecule has 0 fully saturated rings. The van der Waals surface area contributed by atoms with Crippen LogP contribution in [0.3, 0.4) is 0 Å². The summed E-state index contributed by atoms with van der Waals surface area (Å²) in [5, 5.41) is 1.05. The van der Waals surface area contributed by atoms with E-state index in [0.717, 1.165) is 28.0 Å². The van der Waals surface area contributed by atoms with Crippen LogP contribution in [0.15, 0.2) is 59.0 Å². The van der Waals surface area contributed by atoms with Crippen molar-refractivity contribution in [3.8, 4) is 5.75 Å². The zero-order valence-corrected chi connectivity index (χ0v) is 14.2. The molecule has 0 aliphatic carbocycles. The molecule has 0 aliphatic heterocycles. The van der Waals surface area contributed by atoms with Gasteiger partial charge in [0.2, 0.25) is 5.91 Å². The molecule has 3 rings (SSSR count). The number of likely N-dealkylation sites (N-methyl/N-ethyl adjacent to an activating group) is 1. The summed E-state index contributed by atoms with van der Waals surface area (Å²) in [6, 6.07) is 17.3. The van der Waals surface area contributed by atoms with Crippen LogP contribution in [0.25, 0.3) is 11.0 Å². The van der Waals surface area contributed by atoms with Gasteiger partial charge in [0.05, 0.1) is 19.6 Å². The van der Waals surface area contributed by atoms with Crippen molar-refractivity contribution in [2.24, 2.45) is 0 Å². The van der Waals surface area contributed by atoms with Crippen molar-refractivity contribution in [2.45, 2.75) is 19.4 Å². The standard InChI is InChI=1S/C20H21NO3/c1-14(19-12-15-8-5-7-11-18(15)24-19)21(2)20(22)13-16-9-4-6-10-17(16)23-3/h4-12,14H,13H2,1-3H3. The molecule has 1 heterocycles. The first-order valence-electron chi connectivity index (χ1n) is 7.96. The lowest BCUT2D eigenvalue weighted by atomic mass is 10.1. The van der Waals surface area contributed by atoms with E-state index in [2.05, 4.69) is 0 Å². The highest BCUT2D eigenvalue weighted by Gasteiger charge is 2.21. The molecule has 0 saturated carbocycles. The summed E-state index contributed by atoms with van der Waals surface area (Å²) in [7, 11) is 3.42. The van der Waals surface area contributed by atoms with Gasteiger partial charge in [0.1, 0.15) is 17.1 Å². The Labute approximate surface area is 141 Å². The molecule has 0 bridgehead atoms. The fourth-order valence-corrected chi connectivity index (χ4v) is 2.75. The second-order valence-corrected chi connectivity index (χ2v) is 5.86. The first-order valence-corrected chi connectivity index (χ1v) is 7.96. The summed E-state index contributed by atoms with van der Waals surface area (Å²) in [6.07, 6.45) is 0.297. The van der Waals surface area contributed by atoms with Gasteiger partial charge >= 0.3 is 0 Å². The third-order valence-electron chi connectivity index (χ3n) is 4.36. The van der Waals surface area contributed by atoms with Gasteiger partial charge in [-0.15, -0.1) is 0 Å². The summed E-state index contributed by atoms with van der Waals surface area (Å²) in [6.45, 7) is 1.97. The quantitative estimate of drug-likeness (QED) is 0.706. The molecule has 0 spiro atoms. The van der Waals surface area contributed by atoms with Crippen LogP contribution in [0.2, 0.25) is 0 Å². The van der Waals surface area contributed by atoms with Crippen molar-refractivity contribution in [2.75, 3.05) is 14.2 Å². The third kappa shape index (κ3) is 3.13. The Morgan fingerprint density at radius 3 is 2.62 bits per heavy atom. The van der Waals surface area contributed by atoms with Gasteiger partial charge in [0, 0.05) is 18.0 Å². The largest absolute Gasteiger partial charge is 0.496 e. The number of rotatable bonds is 5. The molecule has 1 aromatic heterocycles. The Bertz CT molecular complexity index is 820. The third-order valence-corrected chi connectivity index (χ3v) is 4.36. The van der Waals surface area contributed by atoms with Crippen LogP contribution < -0.4 is 4.74 Å². The van der Waals surface area contributed by atoms with Gasteiger partial charge in [-0.1, -0.05) is 36.4 Å². The minimum absolute atomic E-state index is 0.0208. The van der Waals surface area contributed by atoms with Crippen LogP contribution in [-0.4, -0.2) is 25.0 Å². The number of hydrogen-bond donors (Lipinski definition) is 0. The number of nitrogens with zero attached hydrogens (tertiary/aromatic N) is 1. The molecule has 2 aromatic carbocycles. The molecule has 4 nitrogen and oxygen atoms in total. The molecule has 1 amide bonds. The van der Waals surface area contributed by atoms with E-state index in [1.807, 2.05) is 61.5 Å². The summed E-state index contributed by atoms with van der Waals surface area (Å²) in [5.41, 5.74) is 1.72. The lowest BCUT2D eigenvalue weighted by Crippen LogP contribution is -2.30. The zero-order chi connectivity index (χ0) is 17.1. The second kappa shape index (κ2) is 6.79. The van der Waals surface area contributed by atoms with Crippen LogP contribution >= 0.6 is 0 Å². The number of carbonyl (C=O) groups excluding carboxylic acids is 1. The van der Waals surface area contributed by atoms with E-state index in [1.54, 1.807) is 19.1 Å². The van der Waals surface area contributed by atoms with Crippen molar-refractivity contribution in [1.82, 2.24) is 4.90 Å². The summed E-state index contributed by atoms with van der Waals surface area (Å²) < 4.78 is 11.2. The Morgan fingerprint density at radius 2 is 1.88 bits per heavy atom. The van der Waals surface area contributed by atoms with Crippen molar-refractivity contribution < 1.29 is 13.9 Å². The molecule has 24 heavy (non-hydrogen) atoms. The molecule has 124 valence electrons. The van der Waals surface area contributed by atoms with Gasteiger partial charge in [0.25, 0.3) is 0 Å². The topological polar surface area (TPSA) is 42.7 Å². The predicted octanol–water partition coefficient (Wildman–Crippen LogP) is 4.20. The lowest BCUT2D eigenvalue weighted by Gasteiger charge is -2.23. The van der Waals surface area contributed by atoms with Crippen molar-refractivity contribution in [3.05, 3.63) is 65.9 Å². The van der Waals surface area contributed by atoms with Gasteiger partial charge in [0.15, 0.2) is 0 Å². The maximum Gasteiger partial charge on any atom is 0.227 e. The van der Waals surface area contributed by atoms with E-state index in [4.69, 9.17) is 9.15 Å². The normalized spacial score (nSPS) is 12.1. The number of benzene rings is 2. The number of carbonyl (C=O) groups is 1. The molecule has 1 atom stereocenters. The number of fused-ring (bicyclic) bond motifs is 1. The van der Waals surface area contributed by atoms with E-state index >= 15 is 0 Å². The first kappa shape index (κ1) is 16.1. The van der Waals surface area contributed by atoms with Crippen LogP contribution in [-0.2, 0) is 11.2 Å². The number of methoxy groups -OCH3 is 1. The van der Waals surface area contributed by atoms with Crippen molar-refractivity contribution in [3.63, 3.8) is 0 Å². The molecule has 1 unspecified atom stereocenters. The number of amides is 1. The van der Waals surface area contributed by atoms with Crippen LogP contribution in [0.5, 0.6) is 5.75 Å². The molecule has 0 saturated heterocycles. The Kier molecular flexibility index (Phi) is 4.56. The highest BCUT2D eigenvalue weighted by molar-refractivity contribution is 5.81. The van der Waals surface area contributed by atoms with Crippen LogP contribution in [0.1, 0.15) is 24.3 Å². The van der Waals surface area contributed by atoms with Gasteiger partial charge < -0.3 is 14.1 Å². The first-order chi connectivity index (χ1) is 11.6. The molecule has 0 aliphatic rings. The average Bonchev–Trinajstić information content (AvgIpc) is 3.05. The number of para-hydroxylation sites is 2. The SMILES string of the molecule is COc1ccccc1CC(=O)N(C)C(C)c1cc2ccccc2o1. The molecule has 3 aromatic rings. The maximum absolute atomic E-state index is 12.6. The Hall–Kier alpha value is -2.75. The smallest absolute Gasteiger partial charge is 0.227 e. The predicted molar refractivity (Wildman–Crippen MR) is 94.1 cm³/mol. The van der Waals surface area contributed by atoms with Crippen molar-refractivity contribution in [1.29, 1.82) is 0 Å². The van der Waals surface area contributed by atoms with E-state index in [0.29, 0.717) is 6.42 Å². The Balaban J connectivity index is 1.77. The van der Waals surface area contributed by atoms with Gasteiger partial charge in [-0.05, 0) is 25.1 Å². The summed E-state index contributed by atoms with van der Waals surface area (Å²) in [5.74, 6) is 1.54. The minimum atomic E-state index is -0.139. The fraction of sp³-hybridized carbons (Fsp3) is 0.250. The number of furan rings is 1. The fourth-order valence-electron chi connectivity index (χ4n) is 2.75. The molecule has 0 radical (unpaired) electrons. The highest BCUT2D eigenvalue weighted by Crippen LogP contribution is 2.27. The minimum Gasteiger partial charge on any atom is -0.496 e. The second-order valence-electron chi connectivity index (χ2n) is 5.86. The summed E-state index contributed by atoms with van der Waals surface area (Å²) in [4.78, 5) is 14.4. The average molecular weight is 323 g/mol. The van der Waals surface area contributed by atoms with E-state index in [-0.39, 0.29) is 11.9 Å². The van der Waals surface area contributed by atoms with Gasteiger partial charge in [-0.2, -0.15) is 0 Å². The molecule has 0 N–H and O–H groups in total. The van der Waals surface area contributed by atoms with Crippen LogP contribution in [0.4, 0.5) is 0 Å². The van der Waals surface area contributed by atoms with E-state index in [1.165, 1.54) is 0 Å².